The standard InChI is InChI=1S/C12H16ClN3S/c1-3-14-6-10-7-15-16(9(10)2)8-11-4-5-12(13)17-11/h4-5,7,14H,3,6,8H2,1-2H3. The highest BCUT2D eigenvalue weighted by atomic mass is 35.5. The first-order valence-electron chi connectivity index (χ1n) is 5.67. The molecule has 0 saturated heterocycles. The van der Waals surface area contributed by atoms with Crippen molar-refractivity contribution >= 4 is 22.9 Å². The number of hydrogen-bond acceptors (Lipinski definition) is 3. The van der Waals surface area contributed by atoms with Crippen LogP contribution >= 0.6 is 22.9 Å². The van der Waals surface area contributed by atoms with Crippen molar-refractivity contribution in [1.29, 1.82) is 0 Å². The van der Waals surface area contributed by atoms with Crippen molar-refractivity contribution in [2.24, 2.45) is 0 Å². The van der Waals surface area contributed by atoms with Crippen LogP contribution in [-0.2, 0) is 13.1 Å². The topological polar surface area (TPSA) is 29.9 Å². The molecule has 0 aromatic carbocycles. The van der Waals surface area contributed by atoms with Crippen molar-refractivity contribution in [2.75, 3.05) is 6.54 Å². The van der Waals surface area contributed by atoms with Crippen LogP contribution in [0.15, 0.2) is 18.3 Å². The molecule has 0 bridgehead atoms. The molecule has 0 aliphatic heterocycles. The molecule has 2 heterocycles. The molecule has 5 heteroatoms. The average molecular weight is 270 g/mol. The Hall–Kier alpha value is -0.840. The van der Waals surface area contributed by atoms with Crippen LogP contribution in [0.25, 0.3) is 0 Å². The Morgan fingerprint density at radius 1 is 1.47 bits per heavy atom. The van der Waals surface area contributed by atoms with Gasteiger partial charge in [-0.2, -0.15) is 5.10 Å². The van der Waals surface area contributed by atoms with Gasteiger partial charge in [-0.25, -0.2) is 0 Å². The lowest BCUT2D eigenvalue weighted by atomic mass is 10.2. The van der Waals surface area contributed by atoms with Crippen LogP contribution in [0.2, 0.25) is 4.34 Å². The molecule has 0 fully saturated rings. The predicted octanol–water partition coefficient (Wildman–Crippen LogP) is 3.06. The number of nitrogens with zero attached hydrogens (tertiary/aromatic N) is 2. The van der Waals surface area contributed by atoms with Gasteiger partial charge in [0, 0.05) is 22.7 Å². The van der Waals surface area contributed by atoms with Gasteiger partial charge in [-0.3, -0.25) is 4.68 Å². The van der Waals surface area contributed by atoms with Gasteiger partial charge in [0.05, 0.1) is 17.1 Å². The number of rotatable bonds is 5. The lowest BCUT2D eigenvalue weighted by molar-refractivity contribution is 0.665. The van der Waals surface area contributed by atoms with Crippen molar-refractivity contribution in [2.45, 2.75) is 26.9 Å². The minimum Gasteiger partial charge on any atom is -0.313 e. The van der Waals surface area contributed by atoms with E-state index in [0.29, 0.717) is 0 Å². The van der Waals surface area contributed by atoms with Gasteiger partial charge in [-0.15, -0.1) is 11.3 Å². The molecule has 0 aliphatic rings. The largest absolute Gasteiger partial charge is 0.313 e. The molecule has 3 nitrogen and oxygen atoms in total. The molecule has 2 aromatic heterocycles. The molecular formula is C12H16ClN3S. The third-order valence-electron chi connectivity index (χ3n) is 2.70. The maximum absolute atomic E-state index is 5.92. The molecule has 0 atom stereocenters. The minimum absolute atomic E-state index is 0.801. The number of halogens is 1. The Morgan fingerprint density at radius 2 is 2.29 bits per heavy atom. The van der Waals surface area contributed by atoms with Crippen LogP contribution in [0.5, 0.6) is 0 Å². The second-order valence-electron chi connectivity index (χ2n) is 3.90. The molecule has 0 aliphatic carbocycles. The third-order valence-corrected chi connectivity index (χ3v) is 3.92. The fraction of sp³-hybridized carbons (Fsp3) is 0.417. The van der Waals surface area contributed by atoms with Gasteiger partial charge >= 0.3 is 0 Å². The summed E-state index contributed by atoms with van der Waals surface area (Å²) in [5.74, 6) is 0. The quantitative estimate of drug-likeness (QED) is 0.904. The van der Waals surface area contributed by atoms with E-state index in [0.717, 1.165) is 24.0 Å². The summed E-state index contributed by atoms with van der Waals surface area (Å²) in [5.41, 5.74) is 2.48. The molecule has 17 heavy (non-hydrogen) atoms. The van der Waals surface area contributed by atoms with Gasteiger partial charge < -0.3 is 5.32 Å². The molecule has 0 saturated carbocycles. The van der Waals surface area contributed by atoms with E-state index in [9.17, 15) is 0 Å². The molecule has 1 N–H and O–H groups in total. The van der Waals surface area contributed by atoms with Crippen LogP contribution in [0.1, 0.15) is 23.1 Å². The molecule has 0 spiro atoms. The second-order valence-corrected chi connectivity index (χ2v) is 5.70. The van der Waals surface area contributed by atoms with Crippen LogP contribution < -0.4 is 5.32 Å². The zero-order chi connectivity index (χ0) is 12.3. The zero-order valence-corrected chi connectivity index (χ0v) is 11.6. The van der Waals surface area contributed by atoms with Crippen molar-refractivity contribution in [3.63, 3.8) is 0 Å². The molecule has 2 rings (SSSR count). The van der Waals surface area contributed by atoms with Gasteiger partial charge in [-0.1, -0.05) is 18.5 Å². The molecular weight excluding hydrogens is 254 g/mol. The van der Waals surface area contributed by atoms with Crippen molar-refractivity contribution in [1.82, 2.24) is 15.1 Å². The summed E-state index contributed by atoms with van der Waals surface area (Å²) in [6, 6.07) is 3.98. The van der Waals surface area contributed by atoms with E-state index in [1.165, 1.54) is 16.1 Å². The first-order valence-corrected chi connectivity index (χ1v) is 6.86. The van der Waals surface area contributed by atoms with E-state index in [1.807, 2.05) is 16.9 Å². The summed E-state index contributed by atoms with van der Waals surface area (Å²) >= 11 is 7.53. The maximum Gasteiger partial charge on any atom is 0.0931 e. The summed E-state index contributed by atoms with van der Waals surface area (Å²) in [7, 11) is 0. The van der Waals surface area contributed by atoms with E-state index in [-0.39, 0.29) is 0 Å². The fourth-order valence-electron chi connectivity index (χ4n) is 1.66. The maximum atomic E-state index is 5.92. The SMILES string of the molecule is CCNCc1cnn(Cc2ccc(Cl)s2)c1C. The highest BCUT2D eigenvalue weighted by Gasteiger charge is 2.07. The molecule has 2 aromatic rings. The van der Waals surface area contributed by atoms with Crippen molar-refractivity contribution in [3.8, 4) is 0 Å². The Morgan fingerprint density at radius 3 is 2.94 bits per heavy atom. The van der Waals surface area contributed by atoms with E-state index < -0.39 is 0 Å². The van der Waals surface area contributed by atoms with Gasteiger partial charge in [0.1, 0.15) is 0 Å². The third kappa shape index (κ3) is 3.09. The molecule has 92 valence electrons. The first kappa shape index (κ1) is 12.6. The van der Waals surface area contributed by atoms with Gasteiger partial charge in [0.15, 0.2) is 0 Å². The van der Waals surface area contributed by atoms with E-state index in [2.05, 4.69) is 30.3 Å². The normalized spacial score (nSPS) is 11.0. The summed E-state index contributed by atoms with van der Waals surface area (Å²) < 4.78 is 2.85. The van der Waals surface area contributed by atoms with E-state index in [4.69, 9.17) is 11.6 Å². The number of aromatic nitrogens is 2. The van der Waals surface area contributed by atoms with Crippen LogP contribution in [0.4, 0.5) is 0 Å². The lowest BCUT2D eigenvalue weighted by Gasteiger charge is -2.04. The van der Waals surface area contributed by atoms with Gasteiger partial charge in [0.2, 0.25) is 0 Å². The second kappa shape index (κ2) is 5.67. The summed E-state index contributed by atoms with van der Waals surface area (Å²) in [4.78, 5) is 1.23. The Bertz CT molecular complexity index is 490. The zero-order valence-electron chi connectivity index (χ0n) is 10.0. The van der Waals surface area contributed by atoms with E-state index >= 15 is 0 Å². The summed E-state index contributed by atoms with van der Waals surface area (Å²) in [6.07, 6.45) is 1.94. The Kier molecular flexibility index (Phi) is 4.20. The highest BCUT2D eigenvalue weighted by Crippen LogP contribution is 2.22. The Labute approximate surface area is 110 Å². The summed E-state index contributed by atoms with van der Waals surface area (Å²) in [6.45, 7) is 6.87. The lowest BCUT2D eigenvalue weighted by Crippen LogP contribution is -2.12. The van der Waals surface area contributed by atoms with Crippen LogP contribution in [0.3, 0.4) is 0 Å². The monoisotopic (exact) mass is 269 g/mol. The number of nitrogens with one attached hydrogen (secondary N) is 1. The Balaban J connectivity index is 2.09. The molecule has 0 amide bonds. The number of hydrogen-bond donors (Lipinski definition) is 1. The van der Waals surface area contributed by atoms with Crippen LogP contribution in [-0.4, -0.2) is 16.3 Å². The number of thiophene rings is 1. The van der Waals surface area contributed by atoms with Crippen LogP contribution in [0, 0.1) is 6.92 Å². The first-order chi connectivity index (χ1) is 8.20. The predicted molar refractivity (Wildman–Crippen MR) is 72.8 cm³/mol. The minimum atomic E-state index is 0.801. The van der Waals surface area contributed by atoms with E-state index in [1.54, 1.807) is 11.3 Å². The molecule has 0 radical (unpaired) electrons. The van der Waals surface area contributed by atoms with Gasteiger partial charge in [0.25, 0.3) is 0 Å². The summed E-state index contributed by atoms with van der Waals surface area (Å²) in [5, 5.41) is 7.73. The van der Waals surface area contributed by atoms with Gasteiger partial charge in [-0.05, 0) is 25.6 Å². The van der Waals surface area contributed by atoms with Crippen molar-refractivity contribution < 1.29 is 0 Å². The average Bonchev–Trinajstić information content (AvgIpc) is 2.86. The van der Waals surface area contributed by atoms with Crippen molar-refractivity contribution in [3.05, 3.63) is 38.8 Å². The highest BCUT2D eigenvalue weighted by molar-refractivity contribution is 7.16. The smallest absolute Gasteiger partial charge is 0.0931 e. The fourth-order valence-corrected chi connectivity index (χ4v) is 2.73. The molecule has 0 unspecified atom stereocenters.